The lowest BCUT2D eigenvalue weighted by atomic mass is 10.0. The van der Waals surface area contributed by atoms with Gasteiger partial charge in [0.25, 0.3) is 0 Å². The van der Waals surface area contributed by atoms with Gasteiger partial charge in [0, 0.05) is 16.8 Å². The zero-order chi connectivity index (χ0) is 11.7. The van der Waals surface area contributed by atoms with Crippen LogP contribution < -0.4 is 5.32 Å². The van der Waals surface area contributed by atoms with Crippen LogP contribution in [-0.4, -0.2) is 5.84 Å². The number of benzene rings is 2. The van der Waals surface area contributed by atoms with Crippen LogP contribution in [0, 0.1) is 6.92 Å². The molecule has 0 fully saturated rings. The van der Waals surface area contributed by atoms with Crippen molar-refractivity contribution in [2.75, 3.05) is 5.32 Å². The largest absolute Gasteiger partial charge is 0.340 e. The van der Waals surface area contributed by atoms with Crippen molar-refractivity contribution in [1.82, 2.24) is 0 Å². The van der Waals surface area contributed by atoms with Crippen molar-refractivity contribution in [1.29, 1.82) is 0 Å². The fraction of sp³-hybridized carbons (Fsp3) is 0.133. The van der Waals surface area contributed by atoms with E-state index in [2.05, 4.69) is 47.6 Å². The molecule has 17 heavy (non-hydrogen) atoms. The van der Waals surface area contributed by atoms with Crippen molar-refractivity contribution in [3.8, 4) is 0 Å². The maximum absolute atomic E-state index is 4.61. The first kappa shape index (κ1) is 10.1. The van der Waals surface area contributed by atoms with Gasteiger partial charge in [-0.25, -0.2) is 0 Å². The number of aryl methyl sites for hydroxylation is 1. The molecule has 0 aliphatic carbocycles. The second-order valence-corrected chi connectivity index (χ2v) is 4.26. The van der Waals surface area contributed by atoms with E-state index in [1.54, 1.807) is 0 Å². The molecule has 2 aromatic carbocycles. The van der Waals surface area contributed by atoms with Crippen LogP contribution in [-0.2, 0) is 6.54 Å². The Hall–Kier alpha value is -2.09. The molecular formula is C15H14N2. The summed E-state index contributed by atoms with van der Waals surface area (Å²) in [7, 11) is 0. The number of amidine groups is 1. The molecule has 1 N–H and O–H groups in total. The van der Waals surface area contributed by atoms with E-state index >= 15 is 0 Å². The lowest BCUT2D eigenvalue weighted by molar-refractivity contribution is 1.03. The highest BCUT2D eigenvalue weighted by Gasteiger charge is 2.13. The molecule has 0 bridgehead atoms. The highest BCUT2D eigenvalue weighted by Crippen LogP contribution is 2.24. The molecular weight excluding hydrogens is 208 g/mol. The minimum Gasteiger partial charge on any atom is -0.340 e. The number of nitrogens with one attached hydrogen (secondary N) is 1. The van der Waals surface area contributed by atoms with Crippen LogP contribution in [0.2, 0.25) is 0 Å². The summed E-state index contributed by atoms with van der Waals surface area (Å²) in [6.07, 6.45) is 0. The van der Waals surface area contributed by atoms with Crippen LogP contribution >= 0.6 is 0 Å². The molecule has 0 amide bonds. The summed E-state index contributed by atoms with van der Waals surface area (Å²) >= 11 is 0. The summed E-state index contributed by atoms with van der Waals surface area (Å²) in [6, 6.07) is 16.6. The molecule has 0 saturated heterocycles. The lowest BCUT2D eigenvalue weighted by Gasteiger charge is -2.20. The first-order chi connectivity index (χ1) is 8.34. The Kier molecular flexibility index (Phi) is 2.41. The van der Waals surface area contributed by atoms with E-state index in [9.17, 15) is 0 Å². The molecule has 2 aromatic rings. The van der Waals surface area contributed by atoms with Crippen LogP contribution in [0.5, 0.6) is 0 Å². The normalized spacial score (nSPS) is 13.6. The average Bonchev–Trinajstić information content (AvgIpc) is 2.40. The minimum absolute atomic E-state index is 0.763. The Morgan fingerprint density at radius 3 is 2.65 bits per heavy atom. The van der Waals surface area contributed by atoms with Crippen LogP contribution in [0.15, 0.2) is 53.5 Å². The zero-order valence-electron chi connectivity index (χ0n) is 9.77. The first-order valence-corrected chi connectivity index (χ1v) is 5.80. The van der Waals surface area contributed by atoms with E-state index in [4.69, 9.17) is 0 Å². The summed E-state index contributed by atoms with van der Waals surface area (Å²) in [5.74, 6) is 0.962. The molecule has 2 nitrogen and oxygen atoms in total. The Bertz CT molecular complexity index is 571. The van der Waals surface area contributed by atoms with Crippen molar-refractivity contribution >= 4 is 11.5 Å². The Morgan fingerprint density at radius 2 is 1.82 bits per heavy atom. The summed E-state index contributed by atoms with van der Waals surface area (Å²) in [4.78, 5) is 4.61. The molecule has 0 radical (unpaired) electrons. The van der Waals surface area contributed by atoms with Gasteiger partial charge in [-0.15, -0.1) is 0 Å². The number of hydrogen-bond acceptors (Lipinski definition) is 2. The maximum atomic E-state index is 4.61. The van der Waals surface area contributed by atoms with Crippen molar-refractivity contribution in [3.63, 3.8) is 0 Å². The van der Waals surface area contributed by atoms with E-state index in [1.165, 1.54) is 16.8 Å². The Labute approximate surface area is 101 Å². The zero-order valence-corrected chi connectivity index (χ0v) is 9.77. The highest BCUT2D eigenvalue weighted by atomic mass is 15.0. The van der Waals surface area contributed by atoms with Gasteiger partial charge in [0.2, 0.25) is 0 Å². The molecule has 1 aliphatic heterocycles. The number of anilines is 1. The number of fused-ring (bicyclic) bond motifs is 1. The monoisotopic (exact) mass is 222 g/mol. The molecule has 1 aliphatic rings. The minimum atomic E-state index is 0.763. The number of aliphatic imine (C=N–C) groups is 1. The molecule has 2 heteroatoms. The van der Waals surface area contributed by atoms with Gasteiger partial charge in [-0.05, 0) is 18.6 Å². The fourth-order valence-corrected chi connectivity index (χ4v) is 2.11. The molecule has 0 atom stereocenters. The lowest BCUT2D eigenvalue weighted by Crippen LogP contribution is -2.19. The molecule has 0 aromatic heterocycles. The van der Waals surface area contributed by atoms with Gasteiger partial charge in [0.05, 0.1) is 6.54 Å². The third-order valence-corrected chi connectivity index (χ3v) is 3.11. The fourth-order valence-electron chi connectivity index (χ4n) is 2.11. The van der Waals surface area contributed by atoms with E-state index < -0.39 is 0 Å². The SMILES string of the molecule is Cc1cccc2c1CN=C(c1ccccc1)N2. The smallest absolute Gasteiger partial charge is 0.133 e. The maximum Gasteiger partial charge on any atom is 0.133 e. The standard InChI is InChI=1S/C15H14N2/c1-11-6-5-9-14-13(11)10-16-15(17-14)12-7-3-2-4-8-12/h2-9H,10H2,1H3,(H,16,17). The quantitative estimate of drug-likeness (QED) is 0.786. The third kappa shape index (κ3) is 1.82. The van der Waals surface area contributed by atoms with Crippen molar-refractivity contribution in [2.45, 2.75) is 13.5 Å². The van der Waals surface area contributed by atoms with Gasteiger partial charge in [-0.1, -0.05) is 42.5 Å². The second kappa shape index (κ2) is 4.06. The number of rotatable bonds is 1. The number of nitrogens with zero attached hydrogens (tertiary/aromatic N) is 1. The predicted molar refractivity (Wildman–Crippen MR) is 71.5 cm³/mol. The predicted octanol–water partition coefficient (Wildman–Crippen LogP) is 3.37. The second-order valence-electron chi connectivity index (χ2n) is 4.26. The Morgan fingerprint density at radius 1 is 1.00 bits per heavy atom. The molecule has 1 heterocycles. The van der Waals surface area contributed by atoms with Crippen molar-refractivity contribution in [3.05, 3.63) is 65.2 Å². The third-order valence-electron chi connectivity index (χ3n) is 3.11. The summed E-state index contributed by atoms with van der Waals surface area (Å²) in [5.41, 5.74) is 4.91. The summed E-state index contributed by atoms with van der Waals surface area (Å²) < 4.78 is 0. The molecule has 0 saturated carbocycles. The average molecular weight is 222 g/mol. The van der Waals surface area contributed by atoms with Gasteiger partial charge in [0.1, 0.15) is 5.84 Å². The van der Waals surface area contributed by atoms with Gasteiger partial charge >= 0.3 is 0 Å². The topological polar surface area (TPSA) is 24.4 Å². The van der Waals surface area contributed by atoms with Crippen LogP contribution in [0.1, 0.15) is 16.7 Å². The van der Waals surface area contributed by atoms with E-state index in [0.29, 0.717) is 0 Å². The van der Waals surface area contributed by atoms with Crippen LogP contribution in [0.4, 0.5) is 5.69 Å². The summed E-state index contributed by atoms with van der Waals surface area (Å²) in [5, 5.41) is 3.40. The van der Waals surface area contributed by atoms with Crippen LogP contribution in [0.3, 0.4) is 0 Å². The number of hydrogen-bond donors (Lipinski definition) is 1. The summed E-state index contributed by atoms with van der Waals surface area (Å²) in [6.45, 7) is 2.89. The van der Waals surface area contributed by atoms with Gasteiger partial charge in [0.15, 0.2) is 0 Å². The molecule has 0 unspecified atom stereocenters. The molecule has 3 rings (SSSR count). The van der Waals surface area contributed by atoms with Crippen LogP contribution in [0.25, 0.3) is 0 Å². The van der Waals surface area contributed by atoms with Crippen molar-refractivity contribution < 1.29 is 0 Å². The van der Waals surface area contributed by atoms with E-state index in [1.807, 2.05) is 18.2 Å². The van der Waals surface area contributed by atoms with Crippen molar-refractivity contribution in [2.24, 2.45) is 4.99 Å². The molecule has 0 spiro atoms. The van der Waals surface area contributed by atoms with Gasteiger partial charge in [-0.2, -0.15) is 0 Å². The van der Waals surface area contributed by atoms with Gasteiger partial charge < -0.3 is 5.32 Å². The van der Waals surface area contributed by atoms with E-state index in [0.717, 1.165) is 17.9 Å². The van der Waals surface area contributed by atoms with E-state index in [-0.39, 0.29) is 0 Å². The van der Waals surface area contributed by atoms with Gasteiger partial charge in [-0.3, -0.25) is 4.99 Å². The Balaban J connectivity index is 1.98. The highest BCUT2D eigenvalue weighted by molar-refractivity contribution is 6.09. The molecule has 84 valence electrons. The first-order valence-electron chi connectivity index (χ1n) is 5.80.